The van der Waals surface area contributed by atoms with Gasteiger partial charge in [-0.2, -0.15) is 0 Å². The number of halogens is 1. The zero-order valence-corrected chi connectivity index (χ0v) is 13.7. The van der Waals surface area contributed by atoms with Gasteiger partial charge in [0.2, 0.25) is 0 Å². The van der Waals surface area contributed by atoms with Gasteiger partial charge in [-0.25, -0.2) is 0 Å². The molecule has 6 heteroatoms. The molecule has 100 valence electrons. The van der Waals surface area contributed by atoms with E-state index in [1.165, 1.54) is 23.3 Å². The Morgan fingerprint density at radius 3 is 2.89 bits per heavy atom. The predicted octanol–water partition coefficient (Wildman–Crippen LogP) is 4.01. The Labute approximate surface area is 129 Å². The standard InChI is InChI=1S/C13H14BrN3S2/c1-8-16-17-13(18-8)19-12-5-2-9(6-11(12)14)7-15-10-3-4-10/h2,5-6,10,15H,3-4,7H2,1H3. The zero-order chi connectivity index (χ0) is 13.2. The molecule has 0 atom stereocenters. The smallest absolute Gasteiger partial charge is 0.179 e. The van der Waals surface area contributed by atoms with Gasteiger partial charge in [-0.15, -0.1) is 10.2 Å². The van der Waals surface area contributed by atoms with Crippen LogP contribution in [-0.2, 0) is 6.54 Å². The Kier molecular flexibility index (Phi) is 4.21. The van der Waals surface area contributed by atoms with Crippen molar-refractivity contribution in [2.45, 2.75) is 41.6 Å². The molecule has 1 aliphatic carbocycles. The van der Waals surface area contributed by atoms with Crippen LogP contribution in [0.3, 0.4) is 0 Å². The van der Waals surface area contributed by atoms with Crippen LogP contribution in [0, 0.1) is 6.92 Å². The molecule has 2 aromatic rings. The van der Waals surface area contributed by atoms with E-state index < -0.39 is 0 Å². The van der Waals surface area contributed by atoms with E-state index >= 15 is 0 Å². The molecule has 1 aliphatic rings. The molecule has 3 rings (SSSR count). The van der Waals surface area contributed by atoms with Crippen LogP contribution >= 0.6 is 39.0 Å². The number of aromatic nitrogens is 2. The number of aryl methyl sites for hydroxylation is 1. The molecule has 1 aromatic carbocycles. The Hall–Kier alpha value is -0.430. The minimum atomic E-state index is 0.747. The fourth-order valence-electron chi connectivity index (χ4n) is 1.70. The second kappa shape index (κ2) is 5.91. The lowest BCUT2D eigenvalue weighted by atomic mass is 10.2. The van der Waals surface area contributed by atoms with Gasteiger partial charge in [0.15, 0.2) is 4.34 Å². The van der Waals surface area contributed by atoms with E-state index in [4.69, 9.17) is 0 Å². The van der Waals surface area contributed by atoms with E-state index in [1.54, 1.807) is 23.1 Å². The van der Waals surface area contributed by atoms with Gasteiger partial charge in [-0.1, -0.05) is 29.2 Å². The summed E-state index contributed by atoms with van der Waals surface area (Å²) in [5.41, 5.74) is 1.32. The molecule has 0 radical (unpaired) electrons. The van der Waals surface area contributed by atoms with Crippen LogP contribution in [-0.4, -0.2) is 16.2 Å². The summed E-state index contributed by atoms with van der Waals surface area (Å²) < 4.78 is 2.11. The Bertz CT molecular complexity index is 581. The highest BCUT2D eigenvalue weighted by atomic mass is 79.9. The Morgan fingerprint density at radius 2 is 2.26 bits per heavy atom. The molecule has 0 bridgehead atoms. The van der Waals surface area contributed by atoms with Crippen molar-refractivity contribution < 1.29 is 0 Å². The maximum Gasteiger partial charge on any atom is 0.179 e. The average molecular weight is 356 g/mol. The topological polar surface area (TPSA) is 37.8 Å². The van der Waals surface area contributed by atoms with Crippen LogP contribution < -0.4 is 5.32 Å². The minimum Gasteiger partial charge on any atom is -0.310 e. The molecule has 1 heterocycles. The Balaban J connectivity index is 1.67. The van der Waals surface area contributed by atoms with E-state index in [0.29, 0.717) is 0 Å². The van der Waals surface area contributed by atoms with Gasteiger partial charge in [-0.05, 0) is 53.4 Å². The highest BCUT2D eigenvalue weighted by Crippen LogP contribution is 2.35. The molecule has 1 fully saturated rings. The summed E-state index contributed by atoms with van der Waals surface area (Å²) >= 11 is 6.93. The number of hydrogen-bond acceptors (Lipinski definition) is 5. The van der Waals surface area contributed by atoms with Gasteiger partial charge in [0.25, 0.3) is 0 Å². The molecule has 19 heavy (non-hydrogen) atoms. The van der Waals surface area contributed by atoms with Gasteiger partial charge >= 0.3 is 0 Å². The number of nitrogens with zero attached hydrogens (tertiary/aromatic N) is 2. The molecule has 3 nitrogen and oxygen atoms in total. The summed E-state index contributed by atoms with van der Waals surface area (Å²) in [6.07, 6.45) is 2.65. The molecule has 0 spiro atoms. The minimum absolute atomic E-state index is 0.747. The first-order valence-electron chi connectivity index (χ1n) is 6.20. The lowest BCUT2D eigenvalue weighted by Gasteiger charge is -2.06. The molecule has 0 unspecified atom stereocenters. The maximum absolute atomic E-state index is 4.14. The maximum atomic E-state index is 4.14. The third-order valence-electron chi connectivity index (χ3n) is 2.87. The molecular formula is C13H14BrN3S2. The van der Waals surface area contributed by atoms with E-state index in [2.05, 4.69) is 49.6 Å². The van der Waals surface area contributed by atoms with Crippen molar-refractivity contribution in [1.29, 1.82) is 0 Å². The molecule has 0 amide bonds. The third kappa shape index (κ3) is 3.78. The van der Waals surface area contributed by atoms with Crippen molar-refractivity contribution in [3.8, 4) is 0 Å². The third-order valence-corrected chi connectivity index (χ3v) is 5.76. The second-order valence-corrected chi connectivity index (χ2v) is 7.93. The average Bonchev–Trinajstić information content (AvgIpc) is 3.13. The van der Waals surface area contributed by atoms with Gasteiger partial charge in [0.05, 0.1) is 0 Å². The van der Waals surface area contributed by atoms with Crippen LogP contribution in [0.4, 0.5) is 0 Å². The number of rotatable bonds is 5. The fraction of sp³-hybridized carbons (Fsp3) is 0.385. The number of benzene rings is 1. The molecule has 1 aromatic heterocycles. The monoisotopic (exact) mass is 355 g/mol. The van der Waals surface area contributed by atoms with E-state index in [9.17, 15) is 0 Å². The van der Waals surface area contributed by atoms with E-state index in [1.807, 2.05) is 6.92 Å². The predicted molar refractivity (Wildman–Crippen MR) is 82.8 cm³/mol. The highest BCUT2D eigenvalue weighted by molar-refractivity contribution is 9.10. The first-order valence-corrected chi connectivity index (χ1v) is 8.63. The summed E-state index contributed by atoms with van der Waals surface area (Å²) in [5, 5.41) is 12.7. The van der Waals surface area contributed by atoms with Gasteiger partial charge in [0.1, 0.15) is 5.01 Å². The van der Waals surface area contributed by atoms with Crippen molar-refractivity contribution in [2.24, 2.45) is 0 Å². The first-order chi connectivity index (χ1) is 9.20. The van der Waals surface area contributed by atoms with E-state index in [0.717, 1.165) is 26.4 Å². The summed E-state index contributed by atoms with van der Waals surface area (Å²) in [6, 6.07) is 7.26. The molecule has 0 saturated heterocycles. The van der Waals surface area contributed by atoms with Crippen molar-refractivity contribution in [3.05, 3.63) is 33.2 Å². The fourth-order valence-corrected chi connectivity index (χ4v) is 4.15. The van der Waals surface area contributed by atoms with Crippen LogP contribution in [0.25, 0.3) is 0 Å². The van der Waals surface area contributed by atoms with E-state index in [-0.39, 0.29) is 0 Å². The van der Waals surface area contributed by atoms with Crippen molar-refractivity contribution in [1.82, 2.24) is 15.5 Å². The Morgan fingerprint density at radius 1 is 1.42 bits per heavy atom. The zero-order valence-electron chi connectivity index (χ0n) is 10.5. The molecule has 1 N–H and O–H groups in total. The van der Waals surface area contributed by atoms with Gasteiger partial charge < -0.3 is 5.32 Å². The summed E-state index contributed by atoms with van der Waals surface area (Å²) in [7, 11) is 0. The van der Waals surface area contributed by atoms with Crippen LogP contribution in [0.15, 0.2) is 31.9 Å². The van der Waals surface area contributed by atoms with Gasteiger partial charge in [0, 0.05) is 22.0 Å². The van der Waals surface area contributed by atoms with Crippen molar-refractivity contribution in [3.63, 3.8) is 0 Å². The first kappa shape index (κ1) is 13.5. The number of nitrogens with one attached hydrogen (secondary N) is 1. The summed E-state index contributed by atoms with van der Waals surface area (Å²) in [6.45, 7) is 2.93. The normalized spacial score (nSPS) is 14.8. The second-order valence-electron chi connectivity index (χ2n) is 4.61. The van der Waals surface area contributed by atoms with Crippen LogP contribution in [0.2, 0.25) is 0 Å². The lowest BCUT2D eigenvalue weighted by Crippen LogP contribution is -2.15. The quantitative estimate of drug-likeness (QED) is 0.878. The van der Waals surface area contributed by atoms with Crippen LogP contribution in [0.1, 0.15) is 23.4 Å². The summed E-state index contributed by atoms with van der Waals surface area (Å²) in [4.78, 5) is 1.19. The lowest BCUT2D eigenvalue weighted by molar-refractivity contribution is 0.687. The van der Waals surface area contributed by atoms with Gasteiger partial charge in [-0.3, -0.25) is 0 Å². The summed E-state index contributed by atoms with van der Waals surface area (Å²) in [5.74, 6) is 0. The van der Waals surface area contributed by atoms with Crippen molar-refractivity contribution >= 4 is 39.0 Å². The molecule has 1 saturated carbocycles. The van der Waals surface area contributed by atoms with Crippen LogP contribution in [0.5, 0.6) is 0 Å². The highest BCUT2D eigenvalue weighted by Gasteiger charge is 2.20. The van der Waals surface area contributed by atoms with Crippen molar-refractivity contribution in [2.75, 3.05) is 0 Å². The number of hydrogen-bond donors (Lipinski definition) is 1. The molecule has 0 aliphatic heterocycles. The SMILES string of the molecule is Cc1nnc(Sc2ccc(CNC3CC3)cc2Br)s1. The molecular weight excluding hydrogens is 342 g/mol. The largest absolute Gasteiger partial charge is 0.310 e.